The van der Waals surface area contributed by atoms with Crippen molar-refractivity contribution in [1.82, 2.24) is 0 Å². The van der Waals surface area contributed by atoms with Crippen LogP contribution in [0.15, 0.2) is 0 Å². The van der Waals surface area contributed by atoms with Crippen LogP contribution in [-0.4, -0.2) is 111 Å². The van der Waals surface area contributed by atoms with Gasteiger partial charge in [-0.1, -0.05) is 0 Å². The Labute approximate surface area is 138 Å². The molecule has 0 aromatic rings. The van der Waals surface area contributed by atoms with E-state index in [4.69, 9.17) is 14.2 Å². The Morgan fingerprint density at radius 1 is 0.875 bits per heavy atom. The van der Waals surface area contributed by atoms with Gasteiger partial charge in [0, 0.05) is 19.6 Å². The van der Waals surface area contributed by atoms with Gasteiger partial charge in [-0.3, -0.25) is 0 Å². The largest absolute Gasteiger partial charge is 0.396 e. The highest BCUT2D eigenvalue weighted by Crippen LogP contribution is 2.32. The zero-order chi connectivity index (χ0) is 18.0. The molecule has 2 rings (SSSR count). The van der Waals surface area contributed by atoms with Crippen LogP contribution in [0.2, 0.25) is 0 Å². The van der Waals surface area contributed by atoms with Crippen molar-refractivity contribution in [3.63, 3.8) is 0 Å². The molecule has 1 saturated carbocycles. The summed E-state index contributed by atoms with van der Waals surface area (Å²) in [7, 11) is 1.27. The van der Waals surface area contributed by atoms with Gasteiger partial charge in [0.2, 0.25) is 0 Å². The van der Waals surface area contributed by atoms with Crippen molar-refractivity contribution >= 4 is 0 Å². The maximum absolute atomic E-state index is 10.2. The van der Waals surface area contributed by atoms with Gasteiger partial charge in [-0.05, 0) is 6.42 Å². The highest BCUT2D eigenvalue weighted by Gasteiger charge is 2.49. The normalized spacial score (nSPS) is 50.0. The molecule has 10 nitrogen and oxygen atoms in total. The van der Waals surface area contributed by atoms with Crippen molar-refractivity contribution in [3.8, 4) is 0 Å². The second-order valence-corrected chi connectivity index (χ2v) is 6.23. The van der Waals surface area contributed by atoms with E-state index >= 15 is 0 Å². The van der Waals surface area contributed by atoms with E-state index < -0.39 is 74.3 Å². The predicted octanol–water partition coefficient (Wildman–Crippen LogP) is -4.08. The Hall–Kier alpha value is -0.400. The molecule has 0 bridgehead atoms. The van der Waals surface area contributed by atoms with E-state index in [1.165, 1.54) is 7.11 Å². The summed E-state index contributed by atoms with van der Waals surface area (Å²) in [4.78, 5) is 0. The molecule has 2 fully saturated rings. The van der Waals surface area contributed by atoms with Gasteiger partial charge < -0.3 is 50.0 Å². The summed E-state index contributed by atoms with van der Waals surface area (Å²) < 4.78 is 15.8. The van der Waals surface area contributed by atoms with Gasteiger partial charge in [0.05, 0.1) is 18.8 Å². The Kier molecular flexibility index (Phi) is 6.90. The second kappa shape index (κ2) is 8.32. The van der Waals surface area contributed by atoms with Gasteiger partial charge in [0.15, 0.2) is 6.29 Å². The highest BCUT2D eigenvalue weighted by molar-refractivity contribution is 4.96. The SMILES string of the molecule is CO[C@@H]1O[C@H](CO)[C@@H](O[C@@H]2C[C@H](CO)[C@H](O)[C@H](O)[C@H]2O)[C@H](O)[C@H]1O. The van der Waals surface area contributed by atoms with Crippen LogP contribution in [0.1, 0.15) is 6.42 Å². The fourth-order valence-electron chi connectivity index (χ4n) is 3.21. The van der Waals surface area contributed by atoms with Crippen molar-refractivity contribution in [3.05, 3.63) is 0 Å². The average molecular weight is 354 g/mol. The number of aliphatic hydroxyl groups is 7. The van der Waals surface area contributed by atoms with Gasteiger partial charge in [-0.2, -0.15) is 0 Å². The van der Waals surface area contributed by atoms with Crippen molar-refractivity contribution in [2.75, 3.05) is 20.3 Å². The van der Waals surface area contributed by atoms with Crippen LogP contribution in [0.4, 0.5) is 0 Å². The molecule has 1 aliphatic heterocycles. The zero-order valence-electron chi connectivity index (χ0n) is 13.3. The summed E-state index contributed by atoms with van der Waals surface area (Å²) in [6.07, 6.45) is -11.6. The summed E-state index contributed by atoms with van der Waals surface area (Å²) in [5.74, 6) is -0.723. The molecule has 0 amide bonds. The van der Waals surface area contributed by atoms with Crippen molar-refractivity contribution in [1.29, 1.82) is 0 Å². The van der Waals surface area contributed by atoms with E-state index in [0.717, 1.165) is 0 Å². The monoisotopic (exact) mass is 354 g/mol. The minimum atomic E-state index is -1.54. The van der Waals surface area contributed by atoms with Gasteiger partial charge in [-0.15, -0.1) is 0 Å². The van der Waals surface area contributed by atoms with Gasteiger partial charge >= 0.3 is 0 Å². The van der Waals surface area contributed by atoms with E-state index in [-0.39, 0.29) is 6.42 Å². The number of ether oxygens (including phenoxy) is 3. The van der Waals surface area contributed by atoms with Crippen LogP contribution in [0.25, 0.3) is 0 Å². The fourth-order valence-corrected chi connectivity index (χ4v) is 3.21. The third-order valence-corrected chi connectivity index (χ3v) is 4.72. The van der Waals surface area contributed by atoms with Crippen LogP contribution in [-0.2, 0) is 14.2 Å². The molecule has 0 aromatic carbocycles. The minimum Gasteiger partial charge on any atom is -0.396 e. The zero-order valence-corrected chi connectivity index (χ0v) is 13.3. The molecule has 0 spiro atoms. The lowest BCUT2D eigenvalue weighted by Gasteiger charge is -2.46. The number of hydrogen-bond acceptors (Lipinski definition) is 10. The third-order valence-electron chi connectivity index (χ3n) is 4.72. The van der Waals surface area contributed by atoms with E-state index in [9.17, 15) is 35.7 Å². The molecule has 0 aromatic heterocycles. The molecule has 10 atom stereocenters. The van der Waals surface area contributed by atoms with Crippen LogP contribution in [0.3, 0.4) is 0 Å². The van der Waals surface area contributed by atoms with Crippen molar-refractivity contribution in [2.45, 2.75) is 61.5 Å². The Morgan fingerprint density at radius 3 is 2.08 bits per heavy atom. The van der Waals surface area contributed by atoms with E-state index in [2.05, 4.69) is 0 Å². The molecule has 1 aliphatic carbocycles. The predicted molar refractivity (Wildman–Crippen MR) is 76.6 cm³/mol. The van der Waals surface area contributed by atoms with Crippen LogP contribution in [0, 0.1) is 5.92 Å². The van der Waals surface area contributed by atoms with Gasteiger partial charge in [-0.25, -0.2) is 0 Å². The van der Waals surface area contributed by atoms with Gasteiger partial charge in [0.1, 0.15) is 36.6 Å². The minimum absolute atomic E-state index is 0.0149. The fraction of sp³-hybridized carbons (Fsp3) is 1.00. The van der Waals surface area contributed by atoms with E-state index in [1.807, 2.05) is 0 Å². The van der Waals surface area contributed by atoms with E-state index in [0.29, 0.717) is 0 Å². The molecule has 1 saturated heterocycles. The van der Waals surface area contributed by atoms with Crippen molar-refractivity contribution in [2.24, 2.45) is 5.92 Å². The topological polar surface area (TPSA) is 169 Å². The first-order valence-corrected chi connectivity index (χ1v) is 7.81. The number of rotatable bonds is 5. The molecular weight excluding hydrogens is 328 g/mol. The van der Waals surface area contributed by atoms with Crippen molar-refractivity contribution < 1.29 is 50.0 Å². The average Bonchev–Trinajstić information content (AvgIpc) is 2.59. The Balaban J connectivity index is 2.12. The lowest BCUT2D eigenvalue weighted by molar-refractivity contribution is -0.315. The third kappa shape index (κ3) is 3.73. The standard InChI is InChI=1S/C14H26O10/c1-22-14-12(21)11(20)13(7(4-16)24-14)23-6-2-5(3-15)8(17)10(19)9(6)18/h5-21H,2-4H2,1H3/t5-,6-,7-,8+,9+,10+,11-,12-,13-,14-/m1/s1. The smallest absolute Gasteiger partial charge is 0.186 e. The molecule has 0 radical (unpaired) electrons. The summed E-state index contributed by atoms with van der Waals surface area (Å²) in [6.45, 7) is -0.960. The number of methoxy groups -OCH3 is 1. The maximum Gasteiger partial charge on any atom is 0.186 e. The molecule has 1 heterocycles. The highest BCUT2D eigenvalue weighted by atomic mass is 16.7. The Morgan fingerprint density at radius 2 is 1.54 bits per heavy atom. The van der Waals surface area contributed by atoms with Gasteiger partial charge in [0.25, 0.3) is 0 Å². The summed E-state index contributed by atoms with van der Waals surface area (Å²) in [5.41, 5.74) is 0. The number of hydrogen-bond donors (Lipinski definition) is 7. The molecular formula is C14H26O10. The lowest BCUT2D eigenvalue weighted by atomic mass is 9.81. The summed E-state index contributed by atoms with van der Waals surface area (Å²) in [5, 5.41) is 68.6. The first-order chi connectivity index (χ1) is 11.3. The molecule has 24 heavy (non-hydrogen) atoms. The number of aliphatic hydroxyl groups excluding tert-OH is 7. The molecule has 10 heteroatoms. The molecule has 0 unspecified atom stereocenters. The first kappa shape index (κ1) is 19.9. The van der Waals surface area contributed by atoms with Crippen LogP contribution < -0.4 is 0 Å². The van der Waals surface area contributed by atoms with Crippen LogP contribution in [0.5, 0.6) is 0 Å². The Bertz CT molecular complexity index is 392. The lowest BCUT2D eigenvalue weighted by Crippen LogP contribution is -2.63. The summed E-state index contributed by atoms with van der Waals surface area (Å²) >= 11 is 0. The molecule has 142 valence electrons. The molecule has 7 N–H and O–H groups in total. The second-order valence-electron chi connectivity index (χ2n) is 6.23. The molecule has 2 aliphatic rings. The quantitative estimate of drug-likeness (QED) is 0.258. The van der Waals surface area contributed by atoms with Crippen LogP contribution >= 0.6 is 0 Å². The van der Waals surface area contributed by atoms with E-state index in [1.54, 1.807) is 0 Å². The maximum atomic E-state index is 10.2. The summed E-state index contributed by atoms with van der Waals surface area (Å²) in [6, 6.07) is 0. The first-order valence-electron chi connectivity index (χ1n) is 7.81.